The summed E-state index contributed by atoms with van der Waals surface area (Å²) in [5.74, 6) is -0.962. The number of aryl methyl sites for hydroxylation is 1. The molecule has 1 saturated heterocycles. The van der Waals surface area contributed by atoms with Crippen molar-refractivity contribution in [2.45, 2.75) is 31.6 Å². The number of H-pyrrole nitrogens is 1. The maximum Gasteiger partial charge on any atom is 0.310 e. The topological polar surface area (TPSA) is 103 Å². The van der Waals surface area contributed by atoms with Gasteiger partial charge in [0.25, 0.3) is 0 Å². The lowest BCUT2D eigenvalue weighted by Gasteiger charge is -2.36. The second-order valence-corrected chi connectivity index (χ2v) is 7.07. The molecule has 1 fully saturated rings. The van der Waals surface area contributed by atoms with E-state index < -0.39 is 21.4 Å². The molecule has 1 aromatic heterocycles. The fourth-order valence-electron chi connectivity index (χ4n) is 2.31. The Morgan fingerprint density at radius 3 is 2.79 bits per heavy atom. The lowest BCUT2D eigenvalue weighted by molar-refractivity contribution is -0.150. The highest BCUT2D eigenvalue weighted by molar-refractivity contribution is 7.89. The van der Waals surface area contributed by atoms with Gasteiger partial charge in [-0.1, -0.05) is 0 Å². The zero-order valence-electron chi connectivity index (χ0n) is 10.9. The van der Waals surface area contributed by atoms with E-state index in [-0.39, 0.29) is 11.4 Å². The van der Waals surface area contributed by atoms with Gasteiger partial charge in [0.1, 0.15) is 4.90 Å². The lowest BCUT2D eigenvalue weighted by atomic mass is 9.83. The van der Waals surface area contributed by atoms with Crippen molar-refractivity contribution in [1.29, 1.82) is 0 Å². The zero-order valence-corrected chi connectivity index (χ0v) is 11.7. The van der Waals surface area contributed by atoms with Gasteiger partial charge in [0.2, 0.25) is 10.0 Å². The van der Waals surface area contributed by atoms with Crippen molar-refractivity contribution in [2.75, 3.05) is 13.1 Å². The van der Waals surface area contributed by atoms with Crippen molar-refractivity contribution >= 4 is 16.0 Å². The number of carboxylic acid groups (broad SMARTS) is 1. The van der Waals surface area contributed by atoms with Gasteiger partial charge in [-0.25, -0.2) is 8.42 Å². The Labute approximate surface area is 111 Å². The van der Waals surface area contributed by atoms with Crippen molar-refractivity contribution in [3.8, 4) is 0 Å². The Morgan fingerprint density at radius 2 is 2.26 bits per heavy atom. The summed E-state index contributed by atoms with van der Waals surface area (Å²) in [5.41, 5.74) is -0.564. The summed E-state index contributed by atoms with van der Waals surface area (Å²) in [6.45, 7) is 3.55. The lowest BCUT2D eigenvalue weighted by Crippen LogP contribution is -2.48. The first-order valence-electron chi connectivity index (χ1n) is 6.01. The predicted octanol–water partition coefficient (Wildman–Crippen LogP) is 0.594. The Kier molecular flexibility index (Phi) is 3.40. The zero-order chi connectivity index (χ0) is 14.3. The van der Waals surface area contributed by atoms with Crippen molar-refractivity contribution < 1.29 is 18.3 Å². The molecule has 0 aromatic carbocycles. The van der Waals surface area contributed by atoms with Gasteiger partial charge in [0.05, 0.1) is 17.3 Å². The van der Waals surface area contributed by atoms with E-state index in [4.69, 9.17) is 0 Å². The largest absolute Gasteiger partial charge is 0.481 e. The molecule has 0 spiro atoms. The maximum absolute atomic E-state index is 12.5. The summed E-state index contributed by atoms with van der Waals surface area (Å²) in [7, 11) is -3.68. The maximum atomic E-state index is 12.5. The molecule has 1 aromatic rings. The molecule has 0 saturated carbocycles. The number of nitrogens with zero attached hydrogens (tertiary/aromatic N) is 2. The summed E-state index contributed by atoms with van der Waals surface area (Å²) in [6, 6.07) is 0. The first-order valence-corrected chi connectivity index (χ1v) is 7.45. The number of aromatic nitrogens is 2. The van der Waals surface area contributed by atoms with Crippen LogP contribution in [-0.4, -0.2) is 47.1 Å². The fourth-order valence-corrected chi connectivity index (χ4v) is 4.03. The van der Waals surface area contributed by atoms with Gasteiger partial charge in [-0.3, -0.25) is 9.89 Å². The number of sulfonamides is 1. The molecule has 106 valence electrons. The van der Waals surface area contributed by atoms with Gasteiger partial charge in [-0.2, -0.15) is 9.40 Å². The molecule has 0 radical (unpaired) electrons. The van der Waals surface area contributed by atoms with Crippen LogP contribution in [0.2, 0.25) is 0 Å². The van der Waals surface area contributed by atoms with Gasteiger partial charge in [0, 0.05) is 13.1 Å². The van der Waals surface area contributed by atoms with Crippen LogP contribution in [0.25, 0.3) is 0 Å². The number of carboxylic acids is 1. The van der Waals surface area contributed by atoms with Crippen LogP contribution in [0.3, 0.4) is 0 Å². The van der Waals surface area contributed by atoms with Crippen LogP contribution in [0.5, 0.6) is 0 Å². The van der Waals surface area contributed by atoms with E-state index in [9.17, 15) is 18.3 Å². The first kappa shape index (κ1) is 14.0. The van der Waals surface area contributed by atoms with Crippen LogP contribution in [0.1, 0.15) is 25.5 Å². The minimum Gasteiger partial charge on any atom is -0.481 e. The fraction of sp³-hybridized carbons (Fsp3) is 0.636. The van der Waals surface area contributed by atoms with Gasteiger partial charge >= 0.3 is 5.97 Å². The average molecular weight is 287 g/mol. The number of piperidine rings is 1. The van der Waals surface area contributed by atoms with Crippen molar-refractivity contribution in [2.24, 2.45) is 5.41 Å². The number of rotatable bonds is 3. The molecular formula is C11H17N3O4S. The van der Waals surface area contributed by atoms with E-state index in [1.54, 1.807) is 13.8 Å². The van der Waals surface area contributed by atoms with E-state index in [0.29, 0.717) is 25.1 Å². The van der Waals surface area contributed by atoms with Crippen molar-refractivity contribution in [1.82, 2.24) is 14.5 Å². The van der Waals surface area contributed by atoms with Crippen LogP contribution in [-0.2, 0) is 14.8 Å². The highest BCUT2D eigenvalue weighted by atomic mass is 32.2. The highest BCUT2D eigenvalue weighted by Crippen LogP contribution is 2.33. The highest BCUT2D eigenvalue weighted by Gasteiger charge is 2.42. The Hall–Kier alpha value is -1.41. The average Bonchev–Trinajstić information content (AvgIpc) is 2.76. The monoisotopic (exact) mass is 287 g/mol. The molecule has 8 heteroatoms. The number of hydrogen-bond donors (Lipinski definition) is 2. The van der Waals surface area contributed by atoms with Gasteiger partial charge in [-0.15, -0.1) is 0 Å². The molecule has 0 amide bonds. The summed E-state index contributed by atoms with van der Waals surface area (Å²) >= 11 is 0. The molecule has 7 nitrogen and oxygen atoms in total. The van der Waals surface area contributed by atoms with Crippen molar-refractivity contribution in [3.05, 3.63) is 11.9 Å². The second-order valence-electron chi connectivity index (χ2n) is 5.17. The second kappa shape index (κ2) is 4.61. The normalized spacial score (nSPS) is 25.4. The van der Waals surface area contributed by atoms with E-state index in [1.807, 2.05) is 0 Å². The van der Waals surface area contributed by atoms with E-state index in [2.05, 4.69) is 10.2 Å². The molecule has 1 aliphatic rings. The molecule has 2 rings (SSSR count). The van der Waals surface area contributed by atoms with Crippen molar-refractivity contribution in [3.63, 3.8) is 0 Å². The summed E-state index contributed by atoms with van der Waals surface area (Å²) < 4.78 is 26.1. The van der Waals surface area contributed by atoms with Gasteiger partial charge in [-0.05, 0) is 26.7 Å². The van der Waals surface area contributed by atoms with Crippen LogP contribution in [0, 0.1) is 12.3 Å². The standard InChI is InChI=1S/C11H17N3O4S/c1-8-9(6-12-13-8)19(17,18)14-5-3-4-11(2,7-14)10(15)16/h6H,3-5,7H2,1-2H3,(H,12,13)(H,15,16). The molecule has 1 unspecified atom stereocenters. The van der Waals surface area contributed by atoms with E-state index in [0.717, 1.165) is 0 Å². The molecule has 2 N–H and O–H groups in total. The number of nitrogens with one attached hydrogen (secondary N) is 1. The molecule has 0 bridgehead atoms. The third kappa shape index (κ3) is 2.37. The number of hydrogen-bond acceptors (Lipinski definition) is 4. The first-order chi connectivity index (χ1) is 8.77. The molecule has 1 aliphatic heterocycles. The number of aliphatic carboxylic acids is 1. The SMILES string of the molecule is Cc1[nH]ncc1S(=O)(=O)N1CCCC(C)(C(=O)O)C1. The minimum atomic E-state index is -3.68. The minimum absolute atomic E-state index is 0.00468. The van der Waals surface area contributed by atoms with E-state index in [1.165, 1.54) is 10.5 Å². The molecular weight excluding hydrogens is 270 g/mol. The quantitative estimate of drug-likeness (QED) is 0.847. The predicted molar refractivity (Wildman–Crippen MR) is 67.1 cm³/mol. The Morgan fingerprint density at radius 1 is 1.58 bits per heavy atom. The van der Waals surface area contributed by atoms with Gasteiger partial charge in [0.15, 0.2) is 0 Å². The molecule has 0 aliphatic carbocycles. The third-order valence-electron chi connectivity index (χ3n) is 3.58. The van der Waals surface area contributed by atoms with E-state index >= 15 is 0 Å². The number of aromatic amines is 1. The summed E-state index contributed by atoms with van der Waals surface area (Å²) in [6.07, 6.45) is 2.29. The number of carbonyl (C=O) groups is 1. The van der Waals surface area contributed by atoms with Crippen LogP contribution in [0.15, 0.2) is 11.1 Å². The van der Waals surface area contributed by atoms with Crippen LogP contribution in [0.4, 0.5) is 0 Å². The van der Waals surface area contributed by atoms with Gasteiger partial charge < -0.3 is 5.11 Å². The summed E-state index contributed by atoms with van der Waals surface area (Å²) in [5, 5.41) is 15.5. The Balaban J connectivity index is 2.32. The third-order valence-corrected chi connectivity index (χ3v) is 5.54. The molecule has 1 atom stereocenters. The molecule has 19 heavy (non-hydrogen) atoms. The summed E-state index contributed by atoms with van der Waals surface area (Å²) in [4.78, 5) is 11.4. The smallest absolute Gasteiger partial charge is 0.310 e. The van der Waals surface area contributed by atoms with Crippen LogP contribution < -0.4 is 0 Å². The van der Waals surface area contributed by atoms with Crippen LogP contribution >= 0.6 is 0 Å². The molecule has 2 heterocycles. The Bertz CT molecular complexity index is 595.